The molecule has 2 aliphatic rings. The van der Waals surface area contributed by atoms with Crippen molar-refractivity contribution in [1.29, 1.82) is 0 Å². The maximum atomic E-state index is 13.2. The van der Waals surface area contributed by atoms with E-state index in [-0.39, 0.29) is 48.2 Å². The molecule has 2 fully saturated rings. The molecule has 1 atom stereocenters. The first kappa shape index (κ1) is 22.5. The van der Waals surface area contributed by atoms with Crippen LogP contribution in [0.2, 0.25) is 0 Å². The normalized spacial score (nSPS) is 18.8. The number of ether oxygens (including phenoxy) is 3. The van der Waals surface area contributed by atoms with Gasteiger partial charge in [0.15, 0.2) is 5.78 Å². The molecule has 0 saturated heterocycles. The Kier molecular flexibility index (Phi) is 5.61. The number of Topliss-reactive ketones (excluding diaryl/α,β-unsaturated/α-hetero) is 1. The molecular weight excluding hydrogens is 456 g/mol. The Morgan fingerprint density at radius 3 is 2.62 bits per heavy atom. The molecule has 0 radical (unpaired) electrons. The number of aromatic nitrogens is 2. The highest BCUT2D eigenvalue weighted by atomic mass is 19.3. The van der Waals surface area contributed by atoms with Gasteiger partial charge in [0.05, 0.1) is 31.5 Å². The van der Waals surface area contributed by atoms with E-state index in [0.29, 0.717) is 22.7 Å². The number of halogens is 4. The molecule has 0 aliphatic heterocycles. The molecule has 10 heteroatoms. The number of rotatable bonds is 10. The van der Waals surface area contributed by atoms with Gasteiger partial charge in [0, 0.05) is 30.7 Å². The van der Waals surface area contributed by atoms with Gasteiger partial charge in [-0.25, -0.2) is 13.8 Å². The highest BCUT2D eigenvalue weighted by Crippen LogP contribution is 2.48. The van der Waals surface area contributed by atoms with Gasteiger partial charge in [0.1, 0.15) is 28.5 Å². The molecule has 2 aromatic heterocycles. The second-order valence-electron chi connectivity index (χ2n) is 8.71. The smallest absolute Gasteiger partial charge is 0.387 e. The third kappa shape index (κ3) is 4.53. The summed E-state index contributed by atoms with van der Waals surface area (Å²) in [6, 6.07) is 6.17. The molecule has 0 amide bonds. The minimum Gasteiger partial charge on any atom is -0.496 e. The van der Waals surface area contributed by atoms with Crippen LogP contribution in [-0.2, 0) is 0 Å². The Morgan fingerprint density at radius 2 is 1.97 bits per heavy atom. The van der Waals surface area contributed by atoms with Crippen molar-refractivity contribution in [3.63, 3.8) is 0 Å². The average molecular weight is 478 g/mol. The summed E-state index contributed by atoms with van der Waals surface area (Å²) in [6.07, 6.45) is 5.12. The van der Waals surface area contributed by atoms with Crippen molar-refractivity contribution in [3.05, 3.63) is 42.2 Å². The van der Waals surface area contributed by atoms with Crippen LogP contribution in [0.15, 0.2) is 36.7 Å². The number of carbonyl (C=O) groups excluding carboxylic acids is 1. The number of fused-ring (bicyclic) bond motifs is 1. The Balaban J connectivity index is 1.47. The predicted octanol–water partition coefficient (Wildman–Crippen LogP) is 5.63. The maximum Gasteiger partial charge on any atom is 0.387 e. The first-order valence-corrected chi connectivity index (χ1v) is 10.9. The SMILES string of the molecule is COc1cc(-c2cnc3cc(OCC4CC4(F)F)ccn23)cc(OC(F)F)c1C(=O)CC1CC1. The van der Waals surface area contributed by atoms with Crippen LogP contribution >= 0.6 is 0 Å². The molecule has 6 nitrogen and oxygen atoms in total. The van der Waals surface area contributed by atoms with Gasteiger partial charge in [-0.3, -0.25) is 9.20 Å². The summed E-state index contributed by atoms with van der Waals surface area (Å²) in [7, 11) is 1.36. The second kappa shape index (κ2) is 8.48. The molecule has 1 aromatic carbocycles. The van der Waals surface area contributed by atoms with Crippen molar-refractivity contribution in [2.45, 2.75) is 38.2 Å². The number of benzene rings is 1. The molecule has 180 valence electrons. The van der Waals surface area contributed by atoms with Crippen LogP contribution in [0, 0.1) is 11.8 Å². The zero-order valence-electron chi connectivity index (χ0n) is 18.3. The Labute approximate surface area is 192 Å². The van der Waals surface area contributed by atoms with Gasteiger partial charge in [-0.1, -0.05) is 0 Å². The molecule has 0 spiro atoms. The zero-order valence-corrected chi connectivity index (χ0v) is 18.3. The van der Waals surface area contributed by atoms with E-state index in [9.17, 15) is 22.4 Å². The number of carbonyl (C=O) groups is 1. The van der Waals surface area contributed by atoms with E-state index < -0.39 is 18.5 Å². The van der Waals surface area contributed by atoms with Crippen molar-refractivity contribution in [1.82, 2.24) is 9.38 Å². The minimum atomic E-state index is -3.12. The van der Waals surface area contributed by atoms with Crippen LogP contribution in [0.1, 0.15) is 36.0 Å². The van der Waals surface area contributed by atoms with Crippen LogP contribution in [-0.4, -0.2) is 41.4 Å². The molecule has 5 rings (SSSR count). The van der Waals surface area contributed by atoms with Crippen LogP contribution in [0.5, 0.6) is 17.2 Å². The summed E-state index contributed by atoms with van der Waals surface area (Å²) in [4.78, 5) is 17.1. The van der Waals surface area contributed by atoms with Crippen molar-refractivity contribution >= 4 is 11.4 Å². The van der Waals surface area contributed by atoms with Gasteiger partial charge >= 0.3 is 6.61 Å². The predicted molar refractivity (Wildman–Crippen MR) is 114 cm³/mol. The van der Waals surface area contributed by atoms with E-state index in [4.69, 9.17) is 14.2 Å². The Hall–Kier alpha value is -3.30. The van der Waals surface area contributed by atoms with E-state index in [1.54, 1.807) is 28.8 Å². The molecule has 2 aliphatic carbocycles. The minimum absolute atomic E-state index is 0.000153. The summed E-state index contributed by atoms with van der Waals surface area (Å²) >= 11 is 0. The molecule has 0 bridgehead atoms. The van der Waals surface area contributed by atoms with Gasteiger partial charge in [0.25, 0.3) is 5.92 Å². The van der Waals surface area contributed by atoms with Gasteiger partial charge in [-0.05, 0) is 37.0 Å². The standard InChI is InChI=1S/C24H22F4N2O4/c1-32-19-7-14(8-20(34-23(25)26)22(19)18(31)6-13-2-3-13)17-11-29-21-9-16(4-5-30(17)21)33-12-15-10-24(15,27)28/h4-5,7-9,11,13,15,23H,2-3,6,10,12H2,1H3. The fourth-order valence-electron chi connectivity index (χ4n) is 3.96. The lowest BCUT2D eigenvalue weighted by Gasteiger charge is -2.16. The second-order valence-corrected chi connectivity index (χ2v) is 8.71. The van der Waals surface area contributed by atoms with Gasteiger partial charge < -0.3 is 14.2 Å². The number of hydrogen-bond acceptors (Lipinski definition) is 5. The molecule has 1 unspecified atom stereocenters. The number of alkyl halides is 4. The summed E-state index contributed by atoms with van der Waals surface area (Å²) in [6.45, 7) is -3.20. The number of ketones is 1. The third-order valence-electron chi connectivity index (χ3n) is 6.14. The van der Waals surface area contributed by atoms with E-state index >= 15 is 0 Å². The monoisotopic (exact) mass is 478 g/mol. The van der Waals surface area contributed by atoms with E-state index in [2.05, 4.69) is 4.98 Å². The largest absolute Gasteiger partial charge is 0.496 e. The highest BCUT2D eigenvalue weighted by molar-refractivity contribution is 6.02. The van der Waals surface area contributed by atoms with Gasteiger partial charge in [-0.2, -0.15) is 8.78 Å². The number of hydrogen-bond donors (Lipinski definition) is 0. The summed E-state index contributed by atoms with van der Waals surface area (Å²) in [5, 5.41) is 0. The molecular formula is C24H22F4N2O4. The average Bonchev–Trinajstić information content (AvgIpc) is 3.66. The van der Waals surface area contributed by atoms with Crippen molar-refractivity contribution in [2.24, 2.45) is 11.8 Å². The van der Waals surface area contributed by atoms with E-state index in [0.717, 1.165) is 12.8 Å². The van der Waals surface area contributed by atoms with Crippen LogP contribution in [0.4, 0.5) is 17.6 Å². The number of nitrogens with zero attached hydrogens (tertiary/aromatic N) is 2. The molecule has 2 saturated carbocycles. The molecule has 2 heterocycles. The maximum absolute atomic E-state index is 13.2. The fourth-order valence-corrected chi connectivity index (χ4v) is 3.96. The number of pyridine rings is 1. The Morgan fingerprint density at radius 1 is 1.24 bits per heavy atom. The molecule has 34 heavy (non-hydrogen) atoms. The first-order valence-electron chi connectivity index (χ1n) is 10.9. The first-order chi connectivity index (χ1) is 16.2. The summed E-state index contributed by atoms with van der Waals surface area (Å²) in [5.41, 5.74) is 1.46. The lowest BCUT2D eigenvalue weighted by atomic mass is 10.00. The van der Waals surface area contributed by atoms with E-state index in [1.807, 2.05) is 0 Å². The number of methoxy groups -OCH3 is 1. The topological polar surface area (TPSA) is 62.1 Å². The lowest BCUT2D eigenvalue weighted by Crippen LogP contribution is -2.11. The van der Waals surface area contributed by atoms with Crippen LogP contribution < -0.4 is 14.2 Å². The quantitative estimate of drug-likeness (QED) is 0.279. The van der Waals surface area contributed by atoms with Crippen molar-refractivity contribution in [3.8, 4) is 28.5 Å². The zero-order chi connectivity index (χ0) is 24.0. The van der Waals surface area contributed by atoms with Crippen molar-refractivity contribution < 1.29 is 36.6 Å². The number of imidazole rings is 1. The lowest BCUT2D eigenvalue weighted by molar-refractivity contribution is -0.0502. The van der Waals surface area contributed by atoms with E-state index in [1.165, 1.54) is 19.4 Å². The fraction of sp³-hybridized carbons (Fsp3) is 0.417. The molecule has 0 N–H and O–H groups in total. The highest BCUT2D eigenvalue weighted by Gasteiger charge is 2.57. The van der Waals surface area contributed by atoms with Gasteiger partial charge in [0.2, 0.25) is 0 Å². The summed E-state index contributed by atoms with van der Waals surface area (Å²) < 4.78 is 69.8. The van der Waals surface area contributed by atoms with Crippen LogP contribution in [0.3, 0.4) is 0 Å². The van der Waals surface area contributed by atoms with Crippen molar-refractivity contribution in [2.75, 3.05) is 13.7 Å². The molecule has 3 aromatic rings. The van der Waals surface area contributed by atoms with Crippen LogP contribution in [0.25, 0.3) is 16.9 Å². The summed E-state index contributed by atoms with van der Waals surface area (Å²) in [5.74, 6) is -3.20. The third-order valence-corrected chi connectivity index (χ3v) is 6.14. The van der Waals surface area contributed by atoms with Gasteiger partial charge in [-0.15, -0.1) is 0 Å². The Bertz CT molecular complexity index is 1240.